The predicted octanol–water partition coefficient (Wildman–Crippen LogP) is 5.21. The van der Waals surface area contributed by atoms with Crippen molar-refractivity contribution in [2.45, 2.75) is 51.3 Å². The molecule has 0 N–H and O–H groups in total. The highest BCUT2D eigenvalue weighted by Crippen LogP contribution is 2.49. The van der Waals surface area contributed by atoms with Crippen LogP contribution in [0.5, 0.6) is 0 Å². The molecule has 1 aromatic rings. The number of hydrogen-bond donors (Lipinski definition) is 0. The maximum absolute atomic E-state index is 13.6. The van der Waals surface area contributed by atoms with Crippen molar-refractivity contribution in [2.24, 2.45) is 11.8 Å². The number of ether oxygens (including phenoxy) is 1. The number of hydrogen-bond acceptors (Lipinski definition) is 2. The van der Waals surface area contributed by atoms with Gasteiger partial charge in [-0.05, 0) is 75.1 Å². The van der Waals surface area contributed by atoms with Gasteiger partial charge in [0, 0.05) is 13.1 Å². The minimum Gasteiger partial charge on any atom is -0.444 e. The van der Waals surface area contributed by atoms with Crippen LogP contribution in [0.3, 0.4) is 0 Å². The fourth-order valence-corrected chi connectivity index (χ4v) is 4.16. The van der Waals surface area contributed by atoms with Crippen molar-refractivity contribution in [1.29, 1.82) is 0 Å². The summed E-state index contributed by atoms with van der Waals surface area (Å²) >= 11 is 0. The third kappa shape index (κ3) is 3.96. The molecule has 3 rings (SSSR count). The first-order chi connectivity index (χ1) is 11.9. The molecule has 1 aliphatic heterocycles. The second kappa shape index (κ2) is 6.43. The number of carbonyl (C=O) groups excluding carboxylic acids is 1. The van der Waals surface area contributed by atoms with Crippen LogP contribution in [-0.2, 0) is 10.9 Å². The molecular weight excluding hydrogens is 350 g/mol. The van der Waals surface area contributed by atoms with E-state index in [4.69, 9.17) is 4.74 Å². The topological polar surface area (TPSA) is 29.5 Å². The fraction of sp³-hybridized carbons (Fsp3) is 0.632. The number of benzene rings is 1. The molecule has 144 valence electrons. The van der Waals surface area contributed by atoms with Crippen molar-refractivity contribution in [2.75, 3.05) is 13.1 Å². The summed E-state index contributed by atoms with van der Waals surface area (Å²) in [6.07, 6.45) is -3.83. The molecule has 2 aliphatic rings. The van der Waals surface area contributed by atoms with Crippen molar-refractivity contribution in [3.05, 3.63) is 35.1 Å². The van der Waals surface area contributed by atoms with Crippen LogP contribution in [0, 0.1) is 17.7 Å². The number of amides is 1. The summed E-state index contributed by atoms with van der Waals surface area (Å²) in [5.74, 6) is -0.743. The summed E-state index contributed by atoms with van der Waals surface area (Å²) in [6, 6.07) is 2.69. The van der Waals surface area contributed by atoms with Crippen LogP contribution < -0.4 is 0 Å². The monoisotopic (exact) mass is 373 g/mol. The first-order valence-corrected chi connectivity index (χ1v) is 8.78. The zero-order valence-electron chi connectivity index (χ0n) is 15.1. The van der Waals surface area contributed by atoms with Gasteiger partial charge in [-0.15, -0.1) is 0 Å². The van der Waals surface area contributed by atoms with Gasteiger partial charge in [0.15, 0.2) is 0 Å². The zero-order chi connectivity index (χ0) is 19.3. The minimum absolute atomic E-state index is 0.0377. The molecule has 1 saturated carbocycles. The Bertz CT molecular complexity index is 682. The Hall–Kier alpha value is -1.79. The van der Waals surface area contributed by atoms with Gasteiger partial charge in [-0.2, -0.15) is 13.2 Å². The Morgan fingerprint density at radius 1 is 1.12 bits per heavy atom. The second-order valence-electron chi connectivity index (χ2n) is 8.30. The highest BCUT2D eigenvalue weighted by atomic mass is 19.4. The molecule has 0 bridgehead atoms. The van der Waals surface area contributed by atoms with Gasteiger partial charge < -0.3 is 9.64 Å². The fourth-order valence-electron chi connectivity index (χ4n) is 4.16. The lowest BCUT2D eigenvalue weighted by Gasteiger charge is -2.25. The van der Waals surface area contributed by atoms with Crippen LogP contribution in [0.25, 0.3) is 0 Å². The van der Waals surface area contributed by atoms with Crippen molar-refractivity contribution < 1.29 is 27.1 Å². The molecule has 0 unspecified atom stereocenters. The van der Waals surface area contributed by atoms with E-state index < -0.39 is 23.2 Å². The molecule has 0 radical (unpaired) electrons. The third-order valence-corrected chi connectivity index (χ3v) is 5.16. The van der Waals surface area contributed by atoms with Crippen LogP contribution >= 0.6 is 0 Å². The van der Waals surface area contributed by atoms with Crippen LogP contribution in [0.2, 0.25) is 0 Å². The second-order valence-corrected chi connectivity index (χ2v) is 8.30. The number of rotatable bonds is 1. The molecule has 1 heterocycles. The summed E-state index contributed by atoms with van der Waals surface area (Å²) in [6.45, 7) is 6.33. The van der Waals surface area contributed by atoms with E-state index in [2.05, 4.69) is 0 Å². The number of carbonyl (C=O) groups is 1. The van der Waals surface area contributed by atoms with Gasteiger partial charge in [-0.25, -0.2) is 9.18 Å². The highest BCUT2D eigenvalue weighted by Gasteiger charge is 2.45. The molecule has 1 aliphatic carbocycles. The molecule has 1 saturated heterocycles. The molecular formula is C19H23F4NO2. The van der Waals surface area contributed by atoms with Crippen molar-refractivity contribution >= 4 is 6.09 Å². The Morgan fingerprint density at radius 3 is 2.19 bits per heavy atom. The molecule has 0 spiro atoms. The Balaban J connectivity index is 1.71. The molecule has 0 aromatic heterocycles. The average Bonchev–Trinajstić information content (AvgIpc) is 3.02. The summed E-state index contributed by atoms with van der Waals surface area (Å²) in [4.78, 5) is 13.8. The highest BCUT2D eigenvalue weighted by molar-refractivity contribution is 5.68. The van der Waals surface area contributed by atoms with E-state index in [9.17, 15) is 22.4 Å². The quantitative estimate of drug-likeness (QED) is 0.633. The largest absolute Gasteiger partial charge is 0.444 e. The van der Waals surface area contributed by atoms with Crippen LogP contribution in [0.4, 0.5) is 22.4 Å². The van der Waals surface area contributed by atoms with Crippen LogP contribution in [0.1, 0.15) is 50.7 Å². The van der Waals surface area contributed by atoms with Gasteiger partial charge >= 0.3 is 12.3 Å². The van der Waals surface area contributed by atoms with Gasteiger partial charge in [0.1, 0.15) is 11.4 Å². The lowest BCUT2D eigenvalue weighted by molar-refractivity contribution is -0.138. The maximum Gasteiger partial charge on any atom is 0.416 e. The molecule has 1 amide bonds. The molecule has 3 nitrogen and oxygen atoms in total. The van der Waals surface area contributed by atoms with E-state index in [1.54, 1.807) is 25.7 Å². The Morgan fingerprint density at radius 2 is 1.69 bits per heavy atom. The average molecular weight is 373 g/mol. The summed E-state index contributed by atoms with van der Waals surface area (Å²) < 4.78 is 58.7. The SMILES string of the molecule is CC(C)(C)OC(=O)N1C[C@H]2C[C@@H](c3cc(F)ccc3C(F)(F)F)C[C@H]2C1. The van der Waals surface area contributed by atoms with Crippen molar-refractivity contribution in [1.82, 2.24) is 4.90 Å². The van der Waals surface area contributed by atoms with Gasteiger partial charge in [0.25, 0.3) is 0 Å². The third-order valence-electron chi connectivity index (χ3n) is 5.16. The lowest BCUT2D eigenvalue weighted by Crippen LogP contribution is -2.36. The summed E-state index contributed by atoms with van der Waals surface area (Å²) in [7, 11) is 0. The number of halogens is 4. The van der Waals surface area contributed by atoms with Crippen LogP contribution in [0.15, 0.2) is 18.2 Å². The standard InChI is InChI=1S/C19H23F4NO2/c1-18(2,3)26-17(25)24-9-12-6-11(7-13(12)10-24)15-8-14(20)4-5-16(15)19(21,22)23/h4-5,8,11-13H,6-7,9-10H2,1-3H3/t11-,12-,13+. The van der Waals surface area contributed by atoms with Gasteiger partial charge in [-0.1, -0.05) is 0 Å². The predicted molar refractivity (Wildman–Crippen MR) is 88.2 cm³/mol. The number of nitrogens with zero attached hydrogens (tertiary/aromatic N) is 1. The zero-order valence-corrected chi connectivity index (χ0v) is 15.1. The summed E-state index contributed by atoms with van der Waals surface area (Å²) in [5, 5.41) is 0. The number of alkyl halides is 3. The van der Waals surface area contributed by atoms with Crippen molar-refractivity contribution in [3.8, 4) is 0 Å². The van der Waals surface area contributed by atoms with Crippen LogP contribution in [-0.4, -0.2) is 29.7 Å². The first kappa shape index (κ1) is 19.0. The normalized spacial score (nSPS) is 26.1. The van der Waals surface area contributed by atoms with E-state index in [0.717, 1.165) is 18.2 Å². The number of fused-ring (bicyclic) bond motifs is 1. The maximum atomic E-state index is 13.6. The Kier molecular flexibility index (Phi) is 4.69. The molecule has 1 aromatic carbocycles. The summed E-state index contributed by atoms with van der Waals surface area (Å²) in [5.41, 5.74) is -1.30. The van der Waals surface area contributed by atoms with Gasteiger partial charge in [-0.3, -0.25) is 0 Å². The van der Waals surface area contributed by atoms with E-state index in [-0.39, 0.29) is 29.4 Å². The number of likely N-dealkylation sites (tertiary alicyclic amines) is 1. The molecule has 26 heavy (non-hydrogen) atoms. The lowest BCUT2D eigenvalue weighted by atomic mass is 9.91. The molecule has 7 heteroatoms. The van der Waals surface area contributed by atoms with E-state index in [1.807, 2.05) is 0 Å². The van der Waals surface area contributed by atoms with E-state index in [1.165, 1.54) is 0 Å². The van der Waals surface area contributed by atoms with E-state index >= 15 is 0 Å². The smallest absolute Gasteiger partial charge is 0.416 e. The van der Waals surface area contributed by atoms with Gasteiger partial charge in [0.05, 0.1) is 5.56 Å². The van der Waals surface area contributed by atoms with E-state index in [0.29, 0.717) is 25.9 Å². The Labute approximate surface area is 150 Å². The van der Waals surface area contributed by atoms with Gasteiger partial charge in [0.2, 0.25) is 0 Å². The molecule has 2 fully saturated rings. The minimum atomic E-state index is -4.50. The first-order valence-electron chi connectivity index (χ1n) is 8.78. The molecule has 3 atom stereocenters. The van der Waals surface area contributed by atoms with Crippen molar-refractivity contribution in [3.63, 3.8) is 0 Å².